The molecule has 1 fully saturated rings. The molecular formula is C12H16ClFN2O2S. The predicted molar refractivity (Wildman–Crippen MR) is 71.1 cm³/mol. The van der Waals surface area contributed by atoms with Crippen LogP contribution in [-0.2, 0) is 10.0 Å². The molecule has 1 aromatic heterocycles. The summed E-state index contributed by atoms with van der Waals surface area (Å²) in [4.78, 5) is 3.61. The molecule has 19 heavy (non-hydrogen) atoms. The third kappa shape index (κ3) is 3.24. The van der Waals surface area contributed by atoms with E-state index in [2.05, 4.69) is 9.71 Å². The lowest BCUT2D eigenvalue weighted by molar-refractivity contribution is 0.297. The van der Waals surface area contributed by atoms with Gasteiger partial charge in [0.15, 0.2) is 5.82 Å². The first-order valence-corrected chi connectivity index (χ1v) is 8.21. The minimum Gasteiger partial charge on any atom is -0.241 e. The average Bonchev–Trinajstić information content (AvgIpc) is 2.39. The number of nitrogens with zero attached hydrogens (tertiary/aromatic N) is 1. The lowest BCUT2D eigenvalue weighted by Gasteiger charge is -2.35. The molecule has 1 aliphatic carbocycles. The average molecular weight is 307 g/mol. The minimum atomic E-state index is -3.98. The van der Waals surface area contributed by atoms with Gasteiger partial charge in [-0.3, -0.25) is 0 Å². The van der Waals surface area contributed by atoms with Gasteiger partial charge in [-0.1, -0.05) is 19.3 Å². The van der Waals surface area contributed by atoms with Crippen LogP contribution in [0.5, 0.6) is 0 Å². The molecule has 0 atom stereocenters. The molecule has 0 aromatic carbocycles. The molecule has 2 rings (SSSR count). The van der Waals surface area contributed by atoms with E-state index in [9.17, 15) is 12.8 Å². The highest BCUT2D eigenvalue weighted by Gasteiger charge is 2.37. The van der Waals surface area contributed by atoms with Crippen LogP contribution in [0.3, 0.4) is 0 Å². The Morgan fingerprint density at radius 2 is 2.05 bits per heavy atom. The maximum atomic E-state index is 13.6. The van der Waals surface area contributed by atoms with Crippen molar-refractivity contribution in [3.05, 3.63) is 24.1 Å². The molecule has 0 radical (unpaired) electrons. The third-order valence-corrected chi connectivity index (χ3v) is 5.42. The van der Waals surface area contributed by atoms with Crippen molar-refractivity contribution >= 4 is 21.6 Å². The van der Waals surface area contributed by atoms with E-state index in [1.165, 1.54) is 12.3 Å². The fraction of sp³-hybridized carbons (Fsp3) is 0.583. The summed E-state index contributed by atoms with van der Waals surface area (Å²) in [6.07, 6.45) is 5.50. The molecule has 0 saturated heterocycles. The molecule has 1 N–H and O–H groups in total. The van der Waals surface area contributed by atoms with Crippen LogP contribution in [0.4, 0.5) is 4.39 Å². The maximum Gasteiger partial charge on any atom is 0.261 e. The summed E-state index contributed by atoms with van der Waals surface area (Å²) in [7, 11) is -3.98. The van der Waals surface area contributed by atoms with E-state index in [1.807, 2.05) is 0 Å². The van der Waals surface area contributed by atoms with Crippen LogP contribution in [0.2, 0.25) is 0 Å². The summed E-state index contributed by atoms with van der Waals surface area (Å²) in [5, 5.41) is -0.565. The van der Waals surface area contributed by atoms with Crippen molar-refractivity contribution in [1.82, 2.24) is 9.71 Å². The number of halogens is 2. The molecule has 0 bridgehead atoms. The summed E-state index contributed by atoms with van der Waals surface area (Å²) in [6, 6.07) is 2.43. The predicted octanol–water partition coefficient (Wildman–Crippen LogP) is 2.44. The number of hydrogen-bond acceptors (Lipinski definition) is 3. The van der Waals surface area contributed by atoms with Crippen molar-refractivity contribution in [2.75, 3.05) is 5.88 Å². The molecule has 1 heterocycles. The SMILES string of the molecule is O=S(=O)(NC1(CCl)CCCCC1)c1ncccc1F. The molecule has 0 aliphatic heterocycles. The van der Waals surface area contributed by atoms with Gasteiger partial charge in [-0.25, -0.2) is 22.5 Å². The molecule has 0 amide bonds. The Bertz CT molecular complexity index is 544. The molecule has 1 saturated carbocycles. The number of rotatable bonds is 4. The number of sulfonamides is 1. The molecular weight excluding hydrogens is 291 g/mol. The summed E-state index contributed by atoms with van der Waals surface area (Å²) >= 11 is 5.93. The van der Waals surface area contributed by atoms with Gasteiger partial charge in [-0.15, -0.1) is 11.6 Å². The molecule has 4 nitrogen and oxygen atoms in total. The summed E-state index contributed by atoms with van der Waals surface area (Å²) in [5.74, 6) is -0.670. The van der Waals surface area contributed by atoms with Crippen LogP contribution in [0.25, 0.3) is 0 Å². The zero-order valence-electron chi connectivity index (χ0n) is 10.4. The number of hydrogen-bond donors (Lipinski definition) is 1. The van der Waals surface area contributed by atoms with Crippen molar-refractivity contribution < 1.29 is 12.8 Å². The Kier molecular flexibility index (Phi) is 4.43. The van der Waals surface area contributed by atoms with Crippen LogP contribution >= 0.6 is 11.6 Å². The van der Waals surface area contributed by atoms with Crippen molar-refractivity contribution in [2.24, 2.45) is 0 Å². The highest BCUT2D eigenvalue weighted by molar-refractivity contribution is 7.89. The van der Waals surface area contributed by atoms with Gasteiger partial charge in [0.05, 0.1) is 0 Å². The molecule has 0 unspecified atom stereocenters. The number of pyridine rings is 1. The van der Waals surface area contributed by atoms with Gasteiger partial charge in [0.1, 0.15) is 0 Å². The van der Waals surface area contributed by atoms with Crippen molar-refractivity contribution in [2.45, 2.75) is 42.7 Å². The fourth-order valence-corrected chi connectivity index (χ4v) is 4.27. The number of nitrogens with one attached hydrogen (secondary N) is 1. The Balaban J connectivity index is 2.28. The van der Waals surface area contributed by atoms with Crippen LogP contribution in [0.15, 0.2) is 23.4 Å². The number of alkyl halides is 1. The zero-order chi connectivity index (χ0) is 13.9. The van der Waals surface area contributed by atoms with E-state index in [-0.39, 0.29) is 5.88 Å². The van der Waals surface area contributed by atoms with E-state index in [0.717, 1.165) is 25.3 Å². The second kappa shape index (κ2) is 5.73. The van der Waals surface area contributed by atoms with Crippen LogP contribution in [-0.4, -0.2) is 24.8 Å². The molecule has 0 spiro atoms. The summed E-state index contributed by atoms with van der Waals surface area (Å²) in [6.45, 7) is 0. The molecule has 106 valence electrons. The zero-order valence-corrected chi connectivity index (χ0v) is 12.0. The van der Waals surface area contributed by atoms with Gasteiger partial charge < -0.3 is 0 Å². The van der Waals surface area contributed by atoms with E-state index >= 15 is 0 Å². The van der Waals surface area contributed by atoms with Crippen molar-refractivity contribution in [1.29, 1.82) is 0 Å². The Hall–Kier alpha value is -0.720. The van der Waals surface area contributed by atoms with Crippen LogP contribution in [0, 0.1) is 5.82 Å². The van der Waals surface area contributed by atoms with Gasteiger partial charge in [0.2, 0.25) is 5.03 Å². The van der Waals surface area contributed by atoms with E-state index in [4.69, 9.17) is 11.6 Å². The van der Waals surface area contributed by atoms with E-state index < -0.39 is 26.4 Å². The Morgan fingerprint density at radius 1 is 1.37 bits per heavy atom. The first-order valence-electron chi connectivity index (χ1n) is 6.20. The Labute approximate surface area is 117 Å². The Morgan fingerprint density at radius 3 is 2.63 bits per heavy atom. The highest BCUT2D eigenvalue weighted by atomic mass is 35.5. The second-order valence-corrected chi connectivity index (χ2v) is 6.74. The molecule has 7 heteroatoms. The lowest BCUT2D eigenvalue weighted by Crippen LogP contribution is -2.51. The van der Waals surface area contributed by atoms with E-state index in [0.29, 0.717) is 12.8 Å². The highest BCUT2D eigenvalue weighted by Crippen LogP contribution is 2.31. The number of aromatic nitrogens is 1. The van der Waals surface area contributed by atoms with Gasteiger partial charge in [0.25, 0.3) is 10.0 Å². The second-order valence-electron chi connectivity index (χ2n) is 4.87. The minimum absolute atomic E-state index is 0.181. The maximum absolute atomic E-state index is 13.6. The third-order valence-electron chi connectivity index (χ3n) is 3.40. The quantitative estimate of drug-likeness (QED) is 0.869. The smallest absolute Gasteiger partial charge is 0.241 e. The van der Waals surface area contributed by atoms with Crippen molar-refractivity contribution in [3.8, 4) is 0 Å². The molecule has 1 aliphatic rings. The first kappa shape index (κ1) is 14.7. The van der Waals surface area contributed by atoms with Crippen molar-refractivity contribution in [3.63, 3.8) is 0 Å². The van der Waals surface area contributed by atoms with Gasteiger partial charge in [-0.2, -0.15) is 0 Å². The first-order chi connectivity index (χ1) is 8.99. The van der Waals surface area contributed by atoms with Crippen LogP contribution in [0.1, 0.15) is 32.1 Å². The molecule has 1 aromatic rings. The summed E-state index contributed by atoms with van der Waals surface area (Å²) < 4.78 is 40.5. The van der Waals surface area contributed by atoms with Crippen LogP contribution < -0.4 is 4.72 Å². The monoisotopic (exact) mass is 306 g/mol. The topological polar surface area (TPSA) is 59.1 Å². The summed E-state index contributed by atoms with van der Waals surface area (Å²) in [5.41, 5.74) is -0.678. The van der Waals surface area contributed by atoms with Gasteiger partial charge >= 0.3 is 0 Å². The van der Waals surface area contributed by atoms with Gasteiger partial charge in [-0.05, 0) is 25.0 Å². The van der Waals surface area contributed by atoms with Gasteiger partial charge in [0, 0.05) is 17.6 Å². The lowest BCUT2D eigenvalue weighted by atomic mass is 9.84. The largest absolute Gasteiger partial charge is 0.261 e. The fourth-order valence-electron chi connectivity index (χ4n) is 2.39. The normalized spacial score (nSPS) is 19.3. The standard InChI is InChI=1S/C12H16ClFN2O2S/c13-9-12(6-2-1-3-7-12)16-19(17,18)11-10(14)5-4-8-15-11/h4-5,8,16H,1-3,6-7,9H2. The van der Waals surface area contributed by atoms with E-state index in [1.54, 1.807) is 0 Å².